The summed E-state index contributed by atoms with van der Waals surface area (Å²) in [4.78, 5) is 12.3. The highest BCUT2D eigenvalue weighted by Gasteiger charge is 2.35. The summed E-state index contributed by atoms with van der Waals surface area (Å²) in [6, 6.07) is 5.72. The van der Waals surface area contributed by atoms with E-state index >= 15 is 0 Å². The molecule has 0 unspecified atom stereocenters. The van der Waals surface area contributed by atoms with Gasteiger partial charge >= 0.3 is 0 Å². The molecular weight excluding hydrogens is 254 g/mol. The summed E-state index contributed by atoms with van der Waals surface area (Å²) in [5.41, 5.74) is 3.35. The lowest BCUT2D eigenvalue weighted by atomic mass is 10.1. The van der Waals surface area contributed by atoms with E-state index in [4.69, 9.17) is 4.74 Å². The maximum Gasteiger partial charge on any atom is 0.251 e. The predicted octanol–water partition coefficient (Wildman–Crippen LogP) is 1.44. The van der Waals surface area contributed by atoms with Gasteiger partial charge in [0.25, 0.3) is 5.91 Å². The summed E-state index contributed by atoms with van der Waals surface area (Å²) >= 11 is 0. The number of aliphatic hydroxyl groups is 1. The first-order valence-corrected chi connectivity index (χ1v) is 7.32. The molecule has 0 radical (unpaired) electrons. The van der Waals surface area contributed by atoms with Crippen molar-refractivity contribution in [3.05, 3.63) is 34.9 Å². The van der Waals surface area contributed by atoms with E-state index in [1.54, 1.807) is 7.11 Å². The molecule has 0 aliphatic heterocycles. The van der Waals surface area contributed by atoms with Gasteiger partial charge in [0.15, 0.2) is 0 Å². The molecule has 3 atom stereocenters. The first-order valence-electron chi connectivity index (χ1n) is 7.32. The molecule has 0 saturated heterocycles. The first kappa shape index (κ1) is 13.6. The lowest BCUT2D eigenvalue weighted by Gasteiger charge is -2.19. The van der Waals surface area contributed by atoms with E-state index in [2.05, 4.69) is 11.4 Å². The van der Waals surface area contributed by atoms with Crippen LogP contribution in [0.4, 0.5) is 0 Å². The van der Waals surface area contributed by atoms with E-state index in [0.717, 1.165) is 25.7 Å². The van der Waals surface area contributed by atoms with Crippen molar-refractivity contribution >= 4 is 5.91 Å². The number of aryl methyl sites for hydroxylation is 2. The number of fused-ring (bicyclic) bond motifs is 1. The Kier molecular flexibility index (Phi) is 3.76. The molecule has 4 heteroatoms. The molecule has 2 N–H and O–H groups in total. The third kappa shape index (κ3) is 2.45. The van der Waals surface area contributed by atoms with Crippen LogP contribution in [0.1, 0.15) is 40.7 Å². The Labute approximate surface area is 119 Å². The Morgan fingerprint density at radius 3 is 2.85 bits per heavy atom. The standard InChI is InChI=1S/C16H21NO3/c1-20-14-8-7-13(15(14)18)17-16(19)12-6-5-10-3-2-4-11(10)9-12/h5-6,9,13-15,18H,2-4,7-8H2,1H3,(H,17,19)/t13-,14-,15-/m1/s1. The van der Waals surface area contributed by atoms with Gasteiger partial charge in [-0.05, 0) is 55.4 Å². The van der Waals surface area contributed by atoms with Crippen LogP contribution in [0.3, 0.4) is 0 Å². The second kappa shape index (κ2) is 5.54. The largest absolute Gasteiger partial charge is 0.388 e. The summed E-state index contributed by atoms with van der Waals surface area (Å²) in [5.74, 6) is -0.0968. The summed E-state index contributed by atoms with van der Waals surface area (Å²) in [6.07, 6.45) is 4.13. The molecule has 0 aromatic heterocycles. The Bertz CT molecular complexity index is 514. The van der Waals surface area contributed by atoms with E-state index in [9.17, 15) is 9.90 Å². The second-order valence-electron chi connectivity index (χ2n) is 5.76. The van der Waals surface area contributed by atoms with Crippen molar-refractivity contribution in [1.82, 2.24) is 5.32 Å². The fraction of sp³-hybridized carbons (Fsp3) is 0.562. The topological polar surface area (TPSA) is 58.6 Å². The van der Waals surface area contributed by atoms with Crippen molar-refractivity contribution in [2.45, 2.75) is 50.4 Å². The molecule has 20 heavy (non-hydrogen) atoms. The molecule has 1 aromatic rings. The number of methoxy groups -OCH3 is 1. The maximum absolute atomic E-state index is 12.3. The van der Waals surface area contributed by atoms with Gasteiger partial charge in [0.05, 0.1) is 12.1 Å². The number of carbonyl (C=O) groups excluding carboxylic acids is 1. The smallest absolute Gasteiger partial charge is 0.251 e. The van der Waals surface area contributed by atoms with Gasteiger partial charge in [-0.3, -0.25) is 4.79 Å². The normalized spacial score (nSPS) is 28.4. The second-order valence-corrected chi connectivity index (χ2v) is 5.76. The number of nitrogens with one attached hydrogen (secondary N) is 1. The summed E-state index contributed by atoms with van der Waals surface area (Å²) in [6.45, 7) is 0. The number of hydrogen-bond donors (Lipinski definition) is 2. The Morgan fingerprint density at radius 1 is 1.30 bits per heavy atom. The minimum atomic E-state index is -0.613. The van der Waals surface area contributed by atoms with Crippen molar-refractivity contribution in [1.29, 1.82) is 0 Å². The average Bonchev–Trinajstić information content (AvgIpc) is 3.05. The van der Waals surface area contributed by atoms with Gasteiger partial charge in [-0.15, -0.1) is 0 Å². The minimum Gasteiger partial charge on any atom is -0.388 e. The average molecular weight is 275 g/mol. The van der Waals surface area contributed by atoms with E-state index in [1.165, 1.54) is 17.5 Å². The predicted molar refractivity (Wildman–Crippen MR) is 75.8 cm³/mol. The highest BCUT2D eigenvalue weighted by atomic mass is 16.5. The lowest BCUT2D eigenvalue weighted by Crippen LogP contribution is -2.43. The third-order valence-corrected chi connectivity index (χ3v) is 4.54. The quantitative estimate of drug-likeness (QED) is 0.877. The SMILES string of the molecule is CO[C@@H]1CC[C@@H](NC(=O)c2ccc3c(c2)CCC3)[C@H]1O. The molecule has 108 valence electrons. The van der Waals surface area contributed by atoms with Crippen LogP contribution >= 0.6 is 0 Å². The molecule has 1 aromatic carbocycles. The number of rotatable bonds is 3. The summed E-state index contributed by atoms with van der Waals surface area (Å²) < 4.78 is 5.20. The minimum absolute atomic E-state index is 0.0968. The Morgan fingerprint density at radius 2 is 2.10 bits per heavy atom. The van der Waals surface area contributed by atoms with Crippen molar-refractivity contribution in [3.63, 3.8) is 0 Å². The number of hydrogen-bond acceptors (Lipinski definition) is 3. The first-order chi connectivity index (χ1) is 9.69. The van der Waals surface area contributed by atoms with Gasteiger partial charge in [0, 0.05) is 12.7 Å². The van der Waals surface area contributed by atoms with Gasteiger partial charge in [-0.1, -0.05) is 6.07 Å². The van der Waals surface area contributed by atoms with Crippen LogP contribution in [-0.4, -0.2) is 36.4 Å². The number of ether oxygens (including phenoxy) is 1. The van der Waals surface area contributed by atoms with E-state index in [0.29, 0.717) is 5.56 Å². The molecule has 0 spiro atoms. The molecule has 1 saturated carbocycles. The maximum atomic E-state index is 12.3. The van der Waals surface area contributed by atoms with Crippen LogP contribution in [0.25, 0.3) is 0 Å². The zero-order valence-electron chi connectivity index (χ0n) is 11.8. The molecule has 2 aliphatic rings. The highest BCUT2D eigenvalue weighted by Crippen LogP contribution is 2.24. The summed E-state index contributed by atoms with van der Waals surface area (Å²) in [5, 5.41) is 13.0. The van der Waals surface area contributed by atoms with Gasteiger partial charge in [-0.2, -0.15) is 0 Å². The zero-order valence-corrected chi connectivity index (χ0v) is 11.8. The van der Waals surface area contributed by atoms with E-state index < -0.39 is 6.10 Å². The van der Waals surface area contributed by atoms with Crippen molar-refractivity contribution in [2.75, 3.05) is 7.11 Å². The monoisotopic (exact) mass is 275 g/mol. The van der Waals surface area contributed by atoms with Crippen LogP contribution in [0.15, 0.2) is 18.2 Å². The number of aliphatic hydroxyl groups excluding tert-OH is 1. The van der Waals surface area contributed by atoms with E-state index in [1.807, 2.05) is 12.1 Å². The fourth-order valence-electron chi connectivity index (χ4n) is 3.32. The van der Waals surface area contributed by atoms with E-state index in [-0.39, 0.29) is 18.1 Å². The molecule has 1 fully saturated rings. The van der Waals surface area contributed by atoms with Gasteiger partial charge in [0.2, 0.25) is 0 Å². The highest BCUT2D eigenvalue weighted by molar-refractivity contribution is 5.94. The van der Waals surface area contributed by atoms with Crippen LogP contribution < -0.4 is 5.32 Å². The summed E-state index contributed by atoms with van der Waals surface area (Å²) in [7, 11) is 1.60. The van der Waals surface area contributed by atoms with Crippen molar-refractivity contribution in [2.24, 2.45) is 0 Å². The van der Waals surface area contributed by atoms with Crippen LogP contribution in [0, 0.1) is 0 Å². The van der Waals surface area contributed by atoms with Gasteiger partial charge in [0.1, 0.15) is 6.10 Å². The number of benzene rings is 1. The third-order valence-electron chi connectivity index (χ3n) is 4.54. The molecule has 0 bridgehead atoms. The molecular formula is C16H21NO3. The molecule has 1 amide bonds. The van der Waals surface area contributed by atoms with Crippen LogP contribution in [0.2, 0.25) is 0 Å². The molecule has 3 rings (SSSR count). The van der Waals surface area contributed by atoms with Gasteiger partial charge < -0.3 is 15.2 Å². The fourth-order valence-corrected chi connectivity index (χ4v) is 3.32. The van der Waals surface area contributed by atoms with Crippen molar-refractivity contribution < 1.29 is 14.6 Å². The molecule has 4 nitrogen and oxygen atoms in total. The van der Waals surface area contributed by atoms with Crippen molar-refractivity contribution in [3.8, 4) is 0 Å². The van der Waals surface area contributed by atoms with Gasteiger partial charge in [-0.25, -0.2) is 0 Å². The Balaban J connectivity index is 1.68. The Hall–Kier alpha value is -1.39. The van der Waals surface area contributed by atoms with Crippen LogP contribution in [-0.2, 0) is 17.6 Å². The zero-order chi connectivity index (χ0) is 14.1. The molecule has 0 heterocycles. The number of carbonyl (C=O) groups is 1. The molecule has 2 aliphatic carbocycles. The lowest BCUT2D eigenvalue weighted by molar-refractivity contribution is 0.000207. The van der Waals surface area contributed by atoms with Crippen LogP contribution in [0.5, 0.6) is 0 Å². The number of amides is 1.